The predicted molar refractivity (Wildman–Crippen MR) is 64.5 cm³/mol. The molecule has 2 aliphatic carbocycles. The summed E-state index contributed by atoms with van der Waals surface area (Å²) in [5, 5.41) is 3.54. The van der Waals surface area contributed by atoms with E-state index in [1.165, 1.54) is 56.5 Å². The van der Waals surface area contributed by atoms with Crippen molar-refractivity contribution in [1.82, 2.24) is 14.9 Å². The number of rotatable bonds is 5. The van der Waals surface area contributed by atoms with E-state index in [1.54, 1.807) is 0 Å². The highest BCUT2D eigenvalue weighted by Gasteiger charge is 2.20. The Balaban J connectivity index is 1.51. The number of hydrogen-bond donors (Lipinski definition) is 1. The van der Waals surface area contributed by atoms with Crippen LogP contribution in [0.4, 0.5) is 0 Å². The molecule has 1 heterocycles. The van der Waals surface area contributed by atoms with Crippen LogP contribution in [0.5, 0.6) is 0 Å². The summed E-state index contributed by atoms with van der Waals surface area (Å²) in [5.74, 6) is 0.983. The van der Waals surface area contributed by atoms with Gasteiger partial charge < -0.3 is 9.88 Å². The molecule has 1 fully saturated rings. The fourth-order valence-electron chi connectivity index (χ4n) is 2.55. The molecule has 0 radical (unpaired) electrons. The van der Waals surface area contributed by atoms with Crippen LogP contribution in [0.1, 0.15) is 37.1 Å². The van der Waals surface area contributed by atoms with Gasteiger partial charge in [0.1, 0.15) is 0 Å². The summed E-state index contributed by atoms with van der Waals surface area (Å²) >= 11 is 0. The lowest BCUT2D eigenvalue weighted by Crippen LogP contribution is -2.23. The second-order valence-electron chi connectivity index (χ2n) is 5.19. The van der Waals surface area contributed by atoms with E-state index >= 15 is 0 Å². The van der Waals surface area contributed by atoms with E-state index in [9.17, 15) is 0 Å². The average Bonchev–Trinajstić information content (AvgIpc) is 3.05. The molecule has 0 unspecified atom stereocenters. The molecule has 3 nitrogen and oxygen atoms in total. The third-order valence-electron chi connectivity index (χ3n) is 3.77. The molecule has 0 aliphatic heterocycles. The SMILES string of the molecule is c1nc2c(n1CCNCC1CC1)CCCC2. The summed E-state index contributed by atoms with van der Waals surface area (Å²) in [6.45, 7) is 3.41. The molecule has 0 amide bonds. The molecule has 0 atom stereocenters. The molecule has 0 bridgehead atoms. The third kappa shape index (κ3) is 2.29. The van der Waals surface area contributed by atoms with Gasteiger partial charge in [-0.15, -0.1) is 0 Å². The molecule has 2 aliphatic rings. The van der Waals surface area contributed by atoms with Crippen molar-refractivity contribution in [1.29, 1.82) is 0 Å². The largest absolute Gasteiger partial charge is 0.333 e. The van der Waals surface area contributed by atoms with Crippen molar-refractivity contribution in [2.45, 2.75) is 45.1 Å². The molecular formula is C13H21N3. The fraction of sp³-hybridized carbons (Fsp3) is 0.769. The third-order valence-corrected chi connectivity index (χ3v) is 3.77. The van der Waals surface area contributed by atoms with E-state index in [-0.39, 0.29) is 0 Å². The van der Waals surface area contributed by atoms with Gasteiger partial charge in [0, 0.05) is 18.8 Å². The lowest BCUT2D eigenvalue weighted by molar-refractivity contribution is 0.550. The number of imidazole rings is 1. The van der Waals surface area contributed by atoms with Gasteiger partial charge in [0.15, 0.2) is 0 Å². The molecule has 1 N–H and O–H groups in total. The Labute approximate surface area is 97.3 Å². The Bertz CT molecular complexity index is 352. The Morgan fingerprint density at radius 1 is 1.31 bits per heavy atom. The zero-order valence-electron chi connectivity index (χ0n) is 9.91. The smallest absolute Gasteiger partial charge is 0.0952 e. The summed E-state index contributed by atoms with van der Waals surface area (Å²) in [5.41, 5.74) is 2.85. The number of aromatic nitrogens is 2. The number of nitrogens with one attached hydrogen (secondary N) is 1. The van der Waals surface area contributed by atoms with Crippen molar-refractivity contribution in [3.05, 3.63) is 17.7 Å². The average molecular weight is 219 g/mol. The van der Waals surface area contributed by atoms with Gasteiger partial charge in [-0.25, -0.2) is 4.98 Å². The van der Waals surface area contributed by atoms with Crippen molar-refractivity contribution in [3.8, 4) is 0 Å². The Hall–Kier alpha value is -0.830. The standard InChI is InChI=1S/C13H21N3/c1-2-4-13-12(3-1)15-10-16(13)8-7-14-9-11-5-6-11/h10-11,14H,1-9H2. The number of aryl methyl sites for hydroxylation is 1. The maximum Gasteiger partial charge on any atom is 0.0952 e. The van der Waals surface area contributed by atoms with Crippen LogP contribution in [0.15, 0.2) is 6.33 Å². The van der Waals surface area contributed by atoms with E-state index in [0.29, 0.717) is 0 Å². The van der Waals surface area contributed by atoms with Crippen LogP contribution in [0, 0.1) is 5.92 Å². The van der Waals surface area contributed by atoms with Crippen molar-refractivity contribution in [3.63, 3.8) is 0 Å². The highest BCUT2D eigenvalue weighted by Crippen LogP contribution is 2.27. The first kappa shape index (κ1) is 10.3. The molecule has 0 spiro atoms. The van der Waals surface area contributed by atoms with E-state index in [4.69, 9.17) is 0 Å². The quantitative estimate of drug-likeness (QED) is 0.765. The van der Waals surface area contributed by atoms with Gasteiger partial charge in [0.2, 0.25) is 0 Å². The Morgan fingerprint density at radius 3 is 3.06 bits per heavy atom. The first-order valence-corrected chi connectivity index (χ1v) is 6.67. The molecule has 88 valence electrons. The highest BCUT2D eigenvalue weighted by molar-refractivity contribution is 5.16. The maximum atomic E-state index is 4.52. The molecule has 0 aromatic carbocycles. The highest BCUT2D eigenvalue weighted by atomic mass is 15.1. The van der Waals surface area contributed by atoms with E-state index in [2.05, 4.69) is 14.9 Å². The van der Waals surface area contributed by atoms with Gasteiger partial charge in [0.05, 0.1) is 12.0 Å². The minimum atomic E-state index is 0.983. The molecule has 1 aromatic rings. The van der Waals surface area contributed by atoms with Crippen LogP contribution in [-0.2, 0) is 19.4 Å². The zero-order chi connectivity index (χ0) is 10.8. The van der Waals surface area contributed by atoms with Crippen LogP contribution in [0.25, 0.3) is 0 Å². The van der Waals surface area contributed by atoms with E-state index in [0.717, 1.165) is 19.0 Å². The second kappa shape index (κ2) is 4.58. The van der Waals surface area contributed by atoms with E-state index in [1.807, 2.05) is 6.33 Å². The van der Waals surface area contributed by atoms with Crippen molar-refractivity contribution < 1.29 is 0 Å². The molecule has 1 aromatic heterocycles. The van der Waals surface area contributed by atoms with Crippen LogP contribution in [-0.4, -0.2) is 22.6 Å². The van der Waals surface area contributed by atoms with E-state index < -0.39 is 0 Å². The summed E-state index contributed by atoms with van der Waals surface area (Å²) in [4.78, 5) is 4.52. The molecule has 3 heteroatoms. The van der Waals surface area contributed by atoms with Crippen LogP contribution >= 0.6 is 0 Å². The van der Waals surface area contributed by atoms with Crippen molar-refractivity contribution >= 4 is 0 Å². The van der Waals surface area contributed by atoms with Crippen LogP contribution in [0.3, 0.4) is 0 Å². The first-order chi connectivity index (χ1) is 7.93. The molecule has 0 saturated heterocycles. The molecule has 1 saturated carbocycles. The normalized spacial score (nSPS) is 19.8. The summed E-state index contributed by atoms with van der Waals surface area (Å²) in [6, 6.07) is 0. The van der Waals surface area contributed by atoms with Gasteiger partial charge >= 0.3 is 0 Å². The van der Waals surface area contributed by atoms with Gasteiger partial charge in [-0.3, -0.25) is 0 Å². The maximum absolute atomic E-state index is 4.52. The Morgan fingerprint density at radius 2 is 2.19 bits per heavy atom. The second-order valence-corrected chi connectivity index (χ2v) is 5.19. The molecule has 3 rings (SSSR count). The molecule has 16 heavy (non-hydrogen) atoms. The monoisotopic (exact) mass is 219 g/mol. The number of hydrogen-bond acceptors (Lipinski definition) is 2. The lowest BCUT2D eigenvalue weighted by Gasteiger charge is -2.14. The molecular weight excluding hydrogens is 198 g/mol. The number of nitrogens with zero attached hydrogens (tertiary/aromatic N) is 2. The summed E-state index contributed by atoms with van der Waals surface area (Å²) in [7, 11) is 0. The zero-order valence-corrected chi connectivity index (χ0v) is 9.91. The van der Waals surface area contributed by atoms with Crippen LogP contribution in [0.2, 0.25) is 0 Å². The van der Waals surface area contributed by atoms with Crippen molar-refractivity contribution in [2.24, 2.45) is 5.92 Å². The Kier molecular flexibility index (Phi) is 2.96. The summed E-state index contributed by atoms with van der Waals surface area (Å²) in [6.07, 6.45) is 10.0. The first-order valence-electron chi connectivity index (χ1n) is 6.67. The van der Waals surface area contributed by atoms with Crippen LogP contribution < -0.4 is 5.32 Å². The minimum absolute atomic E-state index is 0.983. The lowest BCUT2D eigenvalue weighted by atomic mass is 10.0. The fourth-order valence-corrected chi connectivity index (χ4v) is 2.55. The summed E-state index contributed by atoms with van der Waals surface area (Å²) < 4.78 is 2.36. The van der Waals surface area contributed by atoms with Gasteiger partial charge in [-0.2, -0.15) is 0 Å². The van der Waals surface area contributed by atoms with Crippen molar-refractivity contribution in [2.75, 3.05) is 13.1 Å². The minimum Gasteiger partial charge on any atom is -0.333 e. The number of fused-ring (bicyclic) bond motifs is 1. The van der Waals surface area contributed by atoms with Gasteiger partial charge in [-0.05, 0) is 51.0 Å². The predicted octanol–water partition coefficient (Wildman–Crippen LogP) is 1.76. The van der Waals surface area contributed by atoms with Gasteiger partial charge in [0.25, 0.3) is 0 Å². The topological polar surface area (TPSA) is 29.9 Å². The van der Waals surface area contributed by atoms with Gasteiger partial charge in [-0.1, -0.05) is 0 Å².